The Morgan fingerprint density at radius 1 is 1.21 bits per heavy atom. The molecule has 5 heteroatoms. The van der Waals surface area contributed by atoms with E-state index in [1.54, 1.807) is 24.3 Å². The van der Waals surface area contributed by atoms with Crippen LogP contribution in [0.3, 0.4) is 0 Å². The first-order chi connectivity index (χ1) is 6.66. The summed E-state index contributed by atoms with van der Waals surface area (Å²) in [6, 6.07) is 6.92. The van der Waals surface area contributed by atoms with Gasteiger partial charge >= 0.3 is 7.12 Å². The van der Waals surface area contributed by atoms with E-state index in [9.17, 15) is 0 Å². The smallest absolute Gasteiger partial charge is 0.423 e. The van der Waals surface area contributed by atoms with Gasteiger partial charge in [-0.3, -0.25) is 4.98 Å². The van der Waals surface area contributed by atoms with E-state index in [1.165, 1.54) is 6.20 Å². The maximum Gasteiger partial charge on any atom is 0.490 e. The Hall–Kier alpha value is -1.10. The van der Waals surface area contributed by atoms with E-state index in [1.807, 2.05) is 0 Å². The summed E-state index contributed by atoms with van der Waals surface area (Å²) in [4.78, 5) is 4.06. The molecule has 0 amide bonds. The van der Waals surface area contributed by atoms with Crippen molar-refractivity contribution in [3.05, 3.63) is 35.5 Å². The normalized spacial score (nSPS) is 10.5. The molecule has 1 aromatic carbocycles. The van der Waals surface area contributed by atoms with E-state index >= 15 is 0 Å². The first kappa shape index (κ1) is 9.46. The summed E-state index contributed by atoms with van der Waals surface area (Å²) in [5, 5.41) is 19.3. The lowest BCUT2D eigenvalue weighted by molar-refractivity contribution is 0.425. The molecule has 0 unspecified atom stereocenters. The highest BCUT2D eigenvalue weighted by Crippen LogP contribution is 2.15. The molecule has 0 bridgehead atoms. The van der Waals surface area contributed by atoms with Crippen LogP contribution in [0.15, 0.2) is 30.5 Å². The van der Waals surface area contributed by atoms with Crippen molar-refractivity contribution < 1.29 is 10.0 Å². The maximum atomic E-state index is 8.93. The van der Waals surface area contributed by atoms with E-state index in [4.69, 9.17) is 21.6 Å². The largest absolute Gasteiger partial charge is 0.490 e. The van der Waals surface area contributed by atoms with E-state index in [-0.39, 0.29) is 0 Å². The topological polar surface area (TPSA) is 53.4 Å². The molecule has 0 spiro atoms. The molecule has 2 aromatic rings. The average Bonchev–Trinajstić information content (AvgIpc) is 2.16. The molecule has 1 heterocycles. The van der Waals surface area contributed by atoms with Gasteiger partial charge in [0.2, 0.25) is 0 Å². The minimum absolute atomic E-state index is 0.375. The molecule has 0 atom stereocenters. The minimum Gasteiger partial charge on any atom is -0.423 e. The van der Waals surface area contributed by atoms with Crippen LogP contribution in [0.2, 0.25) is 5.02 Å². The highest BCUT2D eigenvalue weighted by molar-refractivity contribution is 6.58. The van der Waals surface area contributed by atoms with Gasteiger partial charge in [0, 0.05) is 16.7 Å². The standard InChI is InChI=1S/C9H7BClNO2/c11-8-2-1-6-3-7(10(13)14)5-12-9(6)4-8/h1-5,13-14H. The van der Waals surface area contributed by atoms with Crippen LogP contribution in [0.25, 0.3) is 10.9 Å². The number of aromatic nitrogens is 1. The first-order valence-electron chi connectivity index (χ1n) is 4.08. The van der Waals surface area contributed by atoms with Gasteiger partial charge < -0.3 is 10.0 Å². The van der Waals surface area contributed by atoms with Crippen molar-refractivity contribution in [2.75, 3.05) is 0 Å². The summed E-state index contributed by atoms with van der Waals surface area (Å²) >= 11 is 5.78. The molecule has 2 N–H and O–H groups in total. The van der Waals surface area contributed by atoms with E-state index < -0.39 is 7.12 Å². The molecule has 2 rings (SSSR count). The predicted molar refractivity (Wildman–Crippen MR) is 56.6 cm³/mol. The van der Waals surface area contributed by atoms with Crippen LogP contribution < -0.4 is 5.46 Å². The minimum atomic E-state index is -1.48. The fourth-order valence-electron chi connectivity index (χ4n) is 1.25. The quantitative estimate of drug-likeness (QED) is 0.672. The number of hydrogen-bond donors (Lipinski definition) is 2. The highest BCUT2D eigenvalue weighted by Gasteiger charge is 2.11. The van der Waals surface area contributed by atoms with Crippen LogP contribution in [-0.4, -0.2) is 22.2 Å². The average molecular weight is 207 g/mol. The molecule has 0 fully saturated rings. The Morgan fingerprint density at radius 3 is 2.71 bits per heavy atom. The van der Waals surface area contributed by atoms with Crippen molar-refractivity contribution >= 4 is 35.1 Å². The van der Waals surface area contributed by atoms with E-state index in [0.29, 0.717) is 10.5 Å². The first-order valence-corrected chi connectivity index (χ1v) is 4.46. The summed E-state index contributed by atoms with van der Waals surface area (Å²) in [6.45, 7) is 0. The van der Waals surface area contributed by atoms with Crippen molar-refractivity contribution in [2.24, 2.45) is 0 Å². The van der Waals surface area contributed by atoms with Gasteiger partial charge in [-0.1, -0.05) is 23.7 Å². The molecule has 0 aliphatic heterocycles. The maximum absolute atomic E-state index is 8.93. The number of halogens is 1. The molecule has 70 valence electrons. The van der Waals surface area contributed by atoms with Crippen molar-refractivity contribution in [2.45, 2.75) is 0 Å². The third-order valence-corrected chi connectivity index (χ3v) is 2.20. The van der Waals surface area contributed by atoms with Crippen molar-refractivity contribution in [1.82, 2.24) is 4.98 Å². The second kappa shape index (κ2) is 3.57. The van der Waals surface area contributed by atoms with Crippen LogP contribution >= 0.6 is 11.6 Å². The summed E-state index contributed by atoms with van der Waals surface area (Å²) in [7, 11) is -1.48. The monoisotopic (exact) mass is 207 g/mol. The van der Waals surface area contributed by atoms with Crippen molar-refractivity contribution in [3.8, 4) is 0 Å². The number of rotatable bonds is 1. The predicted octanol–water partition coefficient (Wildman–Crippen LogP) is 0.568. The Balaban J connectivity index is 2.62. The molecule has 0 saturated carbocycles. The summed E-state index contributed by atoms with van der Waals surface area (Å²) in [5.41, 5.74) is 1.11. The second-order valence-corrected chi connectivity index (χ2v) is 3.42. The Morgan fingerprint density at radius 2 is 2.00 bits per heavy atom. The third-order valence-electron chi connectivity index (χ3n) is 1.97. The van der Waals surface area contributed by atoms with Crippen LogP contribution in [0.5, 0.6) is 0 Å². The van der Waals surface area contributed by atoms with Gasteiger partial charge in [-0.25, -0.2) is 0 Å². The lowest BCUT2D eigenvalue weighted by atomic mass is 9.81. The number of fused-ring (bicyclic) bond motifs is 1. The van der Waals surface area contributed by atoms with Gasteiger partial charge in [-0.15, -0.1) is 0 Å². The molecule has 1 aromatic heterocycles. The SMILES string of the molecule is OB(O)c1cnc2cc(Cl)ccc2c1. The summed E-state index contributed by atoms with van der Waals surface area (Å²) < 4.78 is 0. The van der Waals surface area contributed by atoms with Crippen molar-refractivity contribution in [1.29, 1.82) is 0 Å². The van der Waals surface area contributed by atoms with Gasteiger partial charge in [0.05, 0.1) is 5.52 Å². The fraction of sp³-hybridized carbons (Fsp3) is 0. The lowest BCUT2D eigenvalue weighted by Gasteiger charge is -2.01. The fourth-order valence-corrected chi connectivity index (χ4v) is 1.42. The zero-order valence-corrected chi connectivity index (χ0v) is 7.94. The molecule has 0 radical (unpaired) electrons. The van der Waals surface area contributed by atoms with E-state index in [2.05, 4.69) is 4.98 Å². The summed E-state index contributed by atoms with van der Waals surface area (Å²) in [5.74, 6) is 0. The van der Waals surface area contributed by atoms with E-state index in [0.717, 1.165) is 10.9 Å². The molecule has 0 aliphatic carbocycles. The van der Waals surface area contributed by atoms with Gasteiger partial charge in [-0.05, 0) is 17.5 Å². The van der Waals surface area contributed by atoms with Crippen LogP contribution in [0, 0.1) is 0 Å². The van der Waals surface area contributed by atoms with Crippen LogP contribution in [0.4, 0.5) is 0 Å². The van der Waals surface area contributed by atoms with Gasteiger partial charge in [0.1, 0.15) is 0 Å². The van der Waals surface area contributed by atoms with Crippen molar-refractivity contribution in [3.63, 3.8) is 0 Å². The van der Waals surface area contributed by atoms with Gasteiger partial charge in [0.25, 0.3) is 0 Å². The second-order valence-electron chi connectivity index (χ2n) is 2.98. The van der Waals surface area contributed by atoms with Gasteiger partial charge in [-0.2, -0.15) is 0 Å². The highest BCUT2D eigenvalue weighted by atomic mass is 35.5. The molecule has 0 saturated heterocycles. The zero-order valence-electron chi connectivity index (χ0n) is 7.18. The number of nitrogens with zero attached hydrogens (tertiary/aromatic N) is 1. The zero-order chi connectivity index (χ0) is 10.1. The summed E-state index contributed by atoms with van der Waals surface area (Å²) in [6.07, 6.45) is 1.42. The Kier molecular flexibility index (Phi) is 2.41. The Bertz CT molecular complexity index is 475. The number of pyridine rings is 1. The molecular formula is C9H7BClNO2. The number of hydrogen-bond acceptors (Lipinski definition) is 3. The Labute approximate surface area is 86.1 Å². The molecule has 3 nitrogen and oxygen atoms in total. The number of benzene rings is 1. The molecular weight excluding hydrogens is 200 g/mol. The van der Waals surface area contributed by atoms with Gasteiger partial charge in [0.15, 0.2) is 0 Å². The third kappa shape index (κ3) is 1.72. The molecule has 14 heavy (non-hydrogen) atoms. The van der Waals surface area contributed by atoms with Crippen LogP contribution in [-0.2, 0) is 0 Å². The van der Waals surface area contributed by atoms with Crippen LogP contribution in [0.1, 0.15) is 0 Å². The lowest BCUT2D eigenvalue weighted by Crippen LogP contribution is -2.29. The molecule has 0 aliphatic rings.